The summed E-state index contributed by atoms with van der Waals surface area (Å²) in [5.74, 6) is 0.0794. The maximum Gasteiger partial charge on any atom is 0.338 e. The summed E-state index contributed by atoms with van der Waals surface area (Å²) in [5.41, 5.74) is 1.40. The number of aryl methyl sites for hydroxylation is 2. The molecule has 0 aliphatic rings. The fourth-order valence-corrected chi connectivity index (χ4v) is 1.76. The van der Waals surface area contributed by atoms with Crippen LogP contribution in [0.15, 0.2) is 27.4 Å². The smallest absolute Gasteiger partial charge is 0.338 e. The summed E-state index contributed by atoms with van der Waals surface area (Å²) in [6, 6.07) is 4.62. The lowest BCUT2D eigenvalue weighted by Gasteiger charge is -2.05. The van der Waals surface area contributed by atoms with E-state index >= 15 is 0 Å². The van der Waals surface area contributed by atoms with Gasteiger partial charge in [0.2, 0.25) is 0 Å². The Hall–Kier alpha value is -2.10. The van der Waals surface area contributed by atoms with Gasteiger partial charge in [0, 0.05) is 6.07 Å². The van der Waals surface area contributed by atoms with Gasteiger partial charge in [-0.2, -0.15) is 0 Å². The van der Waals surface area contributed by atoms with Crippen LogP contribution in [0.2, 0.25) is 0 Å². The molecule has 0 fully saturated rings. The average Bonchev–Trinajstić information content (AvgIpc) is 2.28. The van der Waals surface area contributed by atoms with Gasteiger partial charge in [-0.3, -0.25) is 4.79 Å². The zero-order valence-corrected chi connectivity index (χ0v) is 9.87. The van der Waals surface area contributed by atoms with Crippen molar-refractivity contribution in [3.63, 3.8) is 0 Å². The van der Waals surface area contributed by atoms with Crippen molar-refractivity contribution in [1.29, 1.82) is 0 Å². The highest BCUT2D eigenvalue weighted by atomic mass is 16.5. The molecule has 0 spiro atoms. The Bertz CT molecular complexity index is 652. The number of methoxy groups -OCH3 is 1. The van der Waals surface area contributed by atoms with E-state index in [-0.39, 0.29) is 5.43 Å². The molecule has 0 amide bonds. The Labute approximate surface area is 97.8 Å². The van der Waals surface area contributed by atoms with Gasteiger partial charge in [0.1, 0.15) is 11.3 Å². The molecule has 0 saturated heterocycles. The van der Waals surface area contributed by atoms with E-state index in [9.17, 15) is 9.59 Å². The van der Waals surface area contributed by atoms with E-state index in [0.29, 0.717) is 27.9 Å². The van der Waals surface area contributed by atoms with Gasteiger partial charge < -0.3 is 9.15 Å². The maximum atomic E-state index is 11.7. The first-order valence-electron chi connectivity index (χ1n) is 5.16. The largest absolute Gasteiger partial charge is 0.465 e. The lowest BCUT2D eigenvalue weighted by atomic mass is 10.1. The molecule has 0 aliphatic heterocycles. The monoisotopic (exact) mass is 232 g/mol. The Kier molecular flexibility index (Phi) is 2.71. The third-order valence-electron chi connectivity index (χ3n) is 2.60. The van der Waals surface area contributed by atoms with Crippen LogP contribution in [0, 0.1) is 13.8 Å². The minimum Gasteiger partial charge on any atom is -0.465 e. The normalized spacial score (nSPS) is 10.5. The minimum atomic E-state index is -0.437. The zero-order chi connectivity index (χ0) is 12.6. The minimum absolute atomic E-state index is 0.108. The van der Waals surface area contributed by atoms with Gasteiger partial charge in [0.15, 0.2) is 5.43 Å². The van der Waals surface area contributed by atoms with Crippen LogP contribution in [0.3, 0.4) is 0 Å². The van der Waals surface area contributed by atoms with Gasteiger partial charge in [-0.15, -0.1) is 0 Å². The van der Waals surface area contributed by atoms with Crippen LogP contribution in [-0.4, -0.2) is 13.1 Å². The van der Waals surface area contributed by atoms with E-state index in [0.717, 1.165) is 0 Å². The topological polar surface area (TPSA) is 56.5 Å². The summed E-state index contributed by atoms with van der Waals surface area (Å²) in [5, 5.41) is 0.473. The fraction of sp³-hybridized carbons (Fsp3) is 0.231. The quantitative estimate of drug-likeness (QED) is 0.707. The number of fused-ring (bicyclic) bond motifs is 1. The Morgan fingerprint density at radius 3 is 2.59 bits per heavy atom. The molecule has 2 aromatic rings. The van der Waals surface area contributed by atoms with Crippen LogP contribution in [-0.2, 0) is 4.74 Å². The van der Waals surface area contributed by atoms with E-state index in [2.05, 4.69) is 4.74 Å². The molecule has 0 unspecified atom stereocenters. The van der Waals surface area contributed by atoms with E-state index < -0.39 is 5.97 Å². The van der Waals surface area contributed by atoms with Crippen LogP contribution >= 0.6 is 0 Å². The molecule has 2 rings (SSSR count). The summed E-state index contributed by atoms with van der Waals surface area (Å²) in [4.78, 5) is 23.2. The van der Waals surface area contributed by atoms with Crippen molar-refractivity contribution >= 4 is 16.9 Å². The predicted molar refractivity (Wildman–Crippen MR) is 63.3 cm³/mol. The van der Waals surface area contributed by atoms with Crippen molar-refractivity contribution in [1.82, 2.24) is 0 Å². The van der Waals surface area contributed by atoms with Gasteiger partial charge in [-0.25, -0.2) is 4.79 Å². The van der Waals surface area contributed by atoms with Crippen molar-refractivity contribution < 1.29 is 13.9 Å². The van der Waals surface area contributed by atoms with Crippen molar-refractivity contribution in [2.45, 2.75) is 13.8 Å². The molecular weight excluding hydrogens is 220 g/mol. The summed E-state index contributed by atoms with van der Waals surface area (Å²) in [6.07, 6.45) is 0. The Morgan fingerprint density at radius 2 is 1.94 bits per heavy atom. The van der Waals surface area contributed by atoms with Crippen LogP contribution < -0.4 is 5.43 Å². The van der Waals surface area contributed by atoms with E-state index in [1.807, 2.05) is 0 Å². The third kappa shape index (κ3) is 1.93. The summed E-state index contributed by atoms with van der Waals surface area (Å²) >= 11 is 0. The highest BCUT2D eigenvalue weighted by Crippen LogP contribution is 2.19. The Balaban J connectivity index is 2.80. The first kappa shape index (κ1) is 11.4. The van der Waals surface area contributed by atoms with Crippen LogP contribution in [0.5, 0.6) is 0 Å². The summed E-state index contributed by atoms with van der Waals surface area (Å²) in [6.45, 7) is 3.45. The Morgan fingerprint density at radius 1 is 1.24 bits per heavy atom. The summed E-state index contributed by atoms with van der Waals surface area (Å²) < 4.78 is 10.1. The number of benzene rings is 1. The van der Waals surface area contributed by atoms with Crippen molar-refractivity contribution in [3.8, 4) is 0 Å². The predicted octanol–water partition coefficient (Wildman–Crippen LogP) is 2.20. The molecular formula is C13H12O4. The number of rotatable bonds is 1. The van der Waals surface area contributed by atoms with Gasteiger partial charge >= 0.3 is 5.97 Å². The number of carbonyl (C=O) groups excluding carboxylic acids is 1. The molecule has 1 aromatic carbocycles. The highest BCUT2D eigenvalue weighted by molar-refractivity contribution is 5.95. The van der Waals surface area contributed by atoms with Gasteiger partial charge in [-0.05, 0) is 31.5 Å². The number of hydrogen-bond acceptors (Lipinski definition) is 4. The van der Waals surface area contributed by atoms with Crippen LogP contribution in [0.25, 0.3) is 11.0 Å². The number of ether oxygens (including phenoxy) is 1. The molecule has 0 bridgehead atoms. The van der Waals surface area contributed by atoms with Gasteiger partial charge in [0.25, 0.3) is 0 Å². The SMILES string of the molecule is COC(=O)c1cc2oc(C)cc(=O)c2cc1C. The standard InChI is InChI=1S/C13H12O4/c1-7-4-10-11(14)5-8(2)17-12(10)6-9(7)13(15)16-3/h4-6H,1-3H3. The molecule has 0 aliphatic carbocycles. The number of esters is 1. The van der Waals surface area contributed by atoms with Crippen molar-refractivity contribution in [2.75, 3.05) is 7.11 Å². The molecule has 1 aromatic heterocycles. The zero-order valence-electron chi connectivity index (χ0n) is 9.87. The van der Waals surface area contributed by atoms with Crippen LogP contribution in [0.4, 0.5) is 0 Å². The van der Waals surface area contributed by atoms with E-state index in [1.54, 1.807) is 26.0 Å². The molecule has 0 atom stereocenters. The molecule has 0 saturated carbocycles. The first-order valence-corrected chi connectivity index (χ1v) is 5.16. The number of hydrogen-bond donors (Lipinski definition) is 0. The van der Waals surface area contributed by atoms with E-state index in [1.165, 1.54) is 13.2 Å². The van der Waals surface area contributed by atoms with Crippen molar-refractivity contribution in [3.05, 3.63) is 45.3 Å². The van der Waals surface area contributed by atoms with Crippen molar-refractivity contribution in [2.24, 2.45) is 0 Å². The lowest BCUT2D eigenvalue weighted by Crippen LogP contribution is -2.06. The molecule has 4 heteroatoms. The molecule has 0 radical (unpaired) electrons. The van der Waals surface area contributed by atoms with Gasteiger partial charge in [0.05, 0.1) is 18.1 Å². The second-order valence-electron chi connectivity index (χ2n) is 3.88. The van der Waals surface area contributed by atoms with Crippen LogP contribution in [0.1, 0.15) is 21.7 Å². The maximum absolute atomic E-state index is 11.7. The van der Waals surface area contributed by atoms with Gasteiger partial charge in [-0.1, -0.05) is 0 Å². The highest BCUT2D eigenvalue weighted by Gasteiger charge is 2.13. The second kappa shape index (κ2) is 4.05. The van der Waals surface area contributed by atoms with E-state index in [4.69, 9.17) is 4.42 Å². The molecule has 4 nitrogen and oxygen atoms in total. The molecule has 88 valence electrons. The molecule has 17 heavy (non-hydrogen) atoms. The fourth-order valence-electron chi connectivity index (χ4n) is 1.76. The first-order chi connectivity index (χ1) is 8.02. The molecule has 1 heterocycles. The average molecular weight is 232 g/mol. The third-order valence-corrected chi connectivity index (χ3v) is 2.60. The lowest BCUT2D eigenvalue weighted by molar-refractivity contribution is 0.0600. The number of carbonyl (C=O) groups is 1. The second-order valence-corrected chi connectivity index (χ2v) is 3.88. The molecule has 0 N–H and O–H groups in total. The summed E-state index contributed by atoms with van der Waals surface area (Å²) in [7, 11) is 1.32.